The maximum absolute atomic E-state index is 12.5. The average molecular weight is 410 g/mol. The van der Waals surface area contributed by atoms with E-state index >= 15 is 0 Å². The quantitative estimate of drug-likeness (QED) is 0.314. The van der Waals surface area contributed by atoms with Crippen LogP contribution in [0.1, 0.15) is 49.2 Å². The predicted molar refractivity (Wildman–Crippen MR) is 110 cm³/mol. The third kappa shape index (κ3) is 4.46. The van der Waals surface area contributed by atoms with Gasteiger partial charge < -0.3 is 13.7 Å². The molecule has 0 fully saturated rings. The number of ether oxygens (including phenoxy) is 1. The minimum Gasteiger partial charge on any atom is -0.448 e. The molecule has 0 saturated carbocycles. The summed E-state index contributed by atoms with van der Waals surface area (Å²) in [6, 6.07) is 7.65. The molecule has 3 rings (SSSR count). The fraction of sp³-hybridized carbons (Fsp3) is 0.333. The van der Waals surface area contributed by atoms with Gasteiger partial charge in [0.25, 0.3) is 11.8 Å². The van der Waals surface area contributed by atoms with E-state index in [9.17, 15) is 10.1 Å². The number of aryl methyl sites for hydroxylation is 1. The van der Waals surface area contributed by atoms with Crippen molar-refractivity contribution in [3.63, 3.8) is 0 Å². The second kappa shape index (κ2) is 8.88. The molecule has 150 valence electrons. The van der Waals surface area contributed by atoms with Crippen LogP contribution in [0.25, 0.3) is 16.8 Å². The Bertz CT molecular complexity index is 1070. The molecule has 0 bridgehead atoms. The summed E-state index contributed by atoms with van der Waals surface area (Å²) in [6.07, 6.45) is 1.80. The van der Waals surface area contributed by atoms with E-state index in [-0.39, 0.29) is 11.5 Å². The molecular formula is C21H22N4O3S. The fourth-order valence-electron chi connectivity index (χ4n) is 3.01. The SMILES string of the molecule is CCCn1c(C)cc(/C=C(\C#N)C(=O)O[C@@H](C)c2nnc(-c3cccs3)o2)c1C. The van der Waals surface area contributed by atoms with Gasteiger partial charge in [0.2, 0.25) is 0 Å². The number of nitrogens with zero attached hydrogens (tertiary/aromatic N) is 4. The topological polar surface area (TPSA) is 93.9 Å². The number of thiophene rings is 1. The Hall–Kier alpha value is -3.18. The highest BCUT2D eigenvalue weighted by Crippen LogP contribution is 2.26. The van der Waals surface area contributed by atoms with Crippen molar-refractivity contribution in [3.05, 3.63) is 52.0 Å². The lowest BCUT2D eigenvalue weighted by atomic mass is 10.1. The van der Waals surface area contributed by atoms with Crippen molar-refractivity contribution in [1.82, 2.24) is 14.8 Å². The van der Waals surface area contributed by atoms with Gasteiger partial charge in [0, 0.05) is 17.9 Å². The van der Waals surface area contributed by atoms with E-state index in [0.717, 1.165) is 34.8 Å². The molecule has 0 aliphatic heterocycles. The Kier molecular flexibility index (Phi) is 6.29. The van der Waals surface area contributed by atoms with Crippen LogP contribution in [0, 0.1) is 25.2 Å². The van der Waals surface area contributed by atoms with E-state index in [0.29, 0.717) is 5.89 Å². The van der Waals surface area contributed by atoms with Crippen LogP contribution in [-0.2, 0) is 16.1 Å². The predicted octanol–water partition coefficient (Wildman–Crippen LogP) is 4.84. The number of esters is 1. The summed E-state index contributed by atoms with van der Waals surface area (Å²) in [5.74, 6) is -0.173. The first-order valence-corrected chi connectivity index (χ1v) is 10.2. The zero-order valence-electron chi connectivity index (χ0n) is 16.8. The second-order valence-electron chi connectivity index (χ2n) is 6.62. The maximum Gasteiger partial charge on any atom is 0.349 e. The molecule has 0 radical (unpaired) electrons. The van der Waals surface area contributed by atoms with Crippen LogP contribution >= 0.6 is 11.3 Å². The number of nitriles is 1. The molecule has 8 heteroatoms. The first-order valence-electron chi connectivity index (χ1n) is 9.31. The molecule has 0 aliphatic rings. The Morgan fingerprint density at radius 1 is 1.45 bits per heavy atom. The summed E-state index contributed by atoms with van der Waals surface area (Å²) in [7, 11) is 0. The summed E-state index contributed by atoms with van der Waals surface area (Å²) >= 11 is 1.47. The molecule has 3 aromatic heterocycles. The molecule has 0 N–H and O–H groups in total. The molecule has 0 aliphatic carbocycles. The summed E-state index contributed by atoms with van der Waals surface area (Å²) in [6.45, 7) is 8.61. The molecule has 29 heavy (non-hydrogen) atoms. The van der Waals surface area contributed by atoms with Gasteiger partial charge in [-0.15, -0.1) is 21.5 Å². The number of rotatable bonds is 7. The van der Waals surface area contributed by atoms with Crippen molar-refractivity contribution in [2.24, 2.45) is 0 Å². The van der Waals surface area contributed by atoms with Gasteiger partial charge in [0.05, 0.1) is 4.88 Å². The molecule has 0 aromatic carbocycles. The number of carbonyl (C=O) groups is 1. The Morgan fingerprint density at radius 3 is 2.90 bits per heavy atom. The van der Waals surface area contributed by atoms with Crippen molar-refractivity contribution in [3.8, 4) is 16.8 Å². The van der Waals surface area contributed by atoms with E-state index in [1.807, 2.05) is 43.5 Å². The molecule has 1 atom stereocenters. The van der Waals surface area contributed by atoms with Gasteiger partial charge in [0.1, 0.15) is 11.6 Å². The molecule has 0 saturated heterocycles. The number of carbonyl (C=O) groups excluding carboxylic acids is 1. The Balaban J connectivity index is 1.76. The molecule has 0 spiro atoms. The molecule has 3 aromatic rings. The number of hydrogen-bond donors (Lipinski definition) is 0. The summed E-state index contributed by atoms with van der Waals surface area (Å²) in [5.41, 5.74) is 2.85. The van der Waals surface area contributed by atoms with E-state index in [2.05, 4.69) is 21.7 Å². The van der Waals surface area contributed by atoms with Gasteiger partial charge in [-0.1, -0.05) is 13.0 Å². The summed E-state index contributed by atoms with van der Waals surface area (Å²) in [4.78, 5) is 13.4. The highest BCUT2D eigenvalue weighted by atomic mass is 32.1. The van der Waals surface area contributed by atoms with Gasteiger partial charge in [-0.2, -0.15) is 5.26 Å². The van der Waals surface area contributed by atoms with Gasteiger partial charge in [-0.25, -0.2) is 4.79 Å². The van der Waals surface area contributed by atoms with Crippen molar-refractivity contribution < 1.29 is 13.9 Å². The van der Waals surface area contributed by atoms with Crippen LogP contribution in [0.2, 0.25) is 0 Å². The highest BCUT2D eigenvalue weighted by molar-refractivity contribution is 7.13. The lowest BCUT2D eigenvalue weighted by Gasteiger charge is -2.09. The molecule has 3 heterocycles. The third-order valence-electron chi connectivity index (χ3n) is 4.50. The van der Waals surface area contributed by atoms with Gasteiger partial charge in [0.15, 0.2) is 6.10 Å². The van der Waals surface area contributed by atoms with Crippen LogP contribution < -0.4 is 0 Å². The van der Waals surface area contributed by atoms with E-state index in [4.69, 9.17) is 9.15 Å². The number of hydrogen-bond acceptors (Lipinski definition) is 7. The molecule has 7 nitrogen and oxygen atoms in total. The zero-order chi connectivity index (χ0) is 21.0. The van der Waals surface area contributed by atoms with Crippen LogP contribution in [0.4, 0.5) is 0 Å². The Morgan fingerprint density at radius 2 is 2.24 bits per heavy atom. The minimum atomic E-state index is -0.770. The van der Waals surface area contributed by atoms with Gasteiger partial charge in [-0.05, 0) is 56.3 Å². The van der Waals surface area contributed by atoms with Crippen LogP contribution in [0.5, 0.6) is 0 Å². The number of aromatic nitrogens is 3. The first-order chi connectivity index (χ1) is 13.9. The van der Waals surface area contributed by atoms with Crippen LogP contribution in [-0.4, -0.2) is 20.7 Å². The largest absolute Gasteiger partial charge is 0.448 e. The van der Waals surface area contributed by atoms with Crippen molar-refractivity contribution in [2.75, 3.05) is 0 Å². The molecular weight excluding hydrogens is 388 g/mol. The lowest BCUT2D eigenvalue weighted by molar-refractivity contribution is -0.144. The molecule has 0 amide bonds. The fourth-order valence-corrected chi connectivity index (χ4v) is 3.65. The van der Waals surface area contributed by atoms with Crippen molar-refractivity contribution >= 4 is 23.4 Å². The van der Waals surface area contributed by atoms with Gasteiger partial charge in [-0.3, -0.25) is 0 Å². The zero-order valence-corrected chi connectivity index (χ0v) is 17.6. The van der Waals surface area contributed by atoms with E-state index < -0.39 is 12.1 Å². The summed E-state index contributed by atoms with van der Waals surface area (Å²) in [5, 5.41) is 19.3. The Labute approximate surface area is 173 Å². The minimum absolute atomic E-state index is 0.0772. The maximum atomic E-state index is 12.5. The van der Waals surface area contributed by atoms with Crippen LogP contribution in [0.15, 0.2) is 33.6 Å². The van der Waals surface area contributed by atoms with E-state index in [1.165, 1.54) is 11.3 Å². The standard InChI is InChI=1S/C21H22N4O3S/c1-5-8-25-13(2)10-16(14(25)3)11-17(12-22)21(26)27-15(4)19-23-24-20(28-19)18-7-6-9-29-18/h6-7,9-11,15H,5,8H2,1-4H3/b17-11+/t15-/m0/s1. The normalized spacial score (nSPS) is 12.6. The van der Waals surface area contributed by atoms with E-state index in [1.54, 1.807) is 13.0 Å². The second-order valence-corrected chi connectivity index (χ2v) is 7.57. The van der Waals surface area contributed by atoms with Crippen molar-refractivity contribution in [1.29, 1.82) is 5.26 Å². The molecule has 0 unspecified atom stereocenters. The summed E-state index contributed by atoms with van der Waals surface area (Å²) < 4.78 is 13.1. The van der Waals surface area contributed by atoms with Gasteiger partial charge >= 0.3 is 5.97 Å². The smallest absolute Gasteiger partial charge is 0.349 e. The highest BCUT2D eigenvalue weighted by Gasteiger charge is 2.22. The third-order valence-corrected chi connectivity index (χ3v) is 5.36. The first kappa shape index (κ1) is 20.6. The van der Waals surface area contributed by atoms with Crippen LogP contribution in [0.3, 0.4) is 0 Å². The average Bonchev–Trinajstić information content (AvgIpc) is 3.43. The van der Waals surface area contributed by atoms with Crippen molar-refractivity contribution in [2.45, 2.75) is 46.8 Å². The monoisotopic (exact) mass is 410 g/mol. The lowest BCUT2D eigenvalue weighted by Crippen LogP contribution is -2.11.